The summed E-state index contributed by atoms with van der Waals surface area (Å²) in [5, 5.41) is 0. The molecule has 1 aliphatic rings. The second-order valence-electron chi connectivity index (χ2n) is 4.19. The highest BCUT2D eigenvalue weighted by atomic mass is 14.4. The topological polar surface area (TPSA) is 0 Å². The van der Waals surface area contributed by atoms with Crippen LogP contribution in [0.4, 0.5) is 0 Å². The van der Waals surface area contributed by atoms with Crippen molar-refractivity contribution < 1.29 is 0 Å². The molecule has 66 valence electrons. The quantitative estimate of drug-likeness (QED) is 0.564. The van der Waals surface area contributed by atoms with Crippen molar-refractivity contribution in [3.05, 3.63) is 0 Å². The lowest BCUT2D eigenvalue weighted by atomic mass is 10.00. The summed E-state index contributed by atoms with van der Waals surface area (Å²) in [6.07, 6.45) is 7.26. The van der Waals surface area contributed by atoms with E-state index in [4.69, 9.17) is 0 Å². The minimum atomic E-state index is 0.997. The summed E-state index contributed by atoms with van der Waals surface area (Å²) >= 11 is 0. The van der Waals surface area contributed by atoms with Crippen LogP contribution < -0.4 is 0 Å². The molecule has 0 aromatic heterocycles. The van der Waals surface area contributed by atoms with Gasteiger partial charge in [-0.2, -0.15) is 0 Å². The average Bonchev–Trinajstić information content (AvgIpc) is 2.78. The molecule has 3 atom stereocenters. The Morgan fingerprint density at radius 3 is 2.64 bits per heavy atom. The number of rotatable bonds is 5. The van der Waals surface area contributed by atoms with Gasteiger partial charge in [-0.15, -0.1) is 0 Å². The zero-order chi connectivity index (χ0) is 8.27. The van der Waals surface area contributed by atoms with Gasteiger partial charge in [-0.25, -0.2) is 0 Å². The normalized spacial score (nSPS) is 31.9. The van der Waals surface area contributed by atoms with Crippen LogP contribution in [-0.2, 0) is 0 Å². The van der Waals surface area contributed by atoms with Crippen LogP contribution in [-0.4, -0.2) is 0 Å². The molecular weight excluding hydrogens is 132 g/mol. The first kappa shape index (κ1) is 9.09. The van der Waals surface area contributed by atoms with Crippen LogP contribution in [0.5, 0.6) is 0 Å². The maximum Gasteiger partial charge on any atom is -0.0357 e. The Balaban J connectivity index is 2.06. The Kier molecular flexibility index (Phi) is 3.42. The highest BCUT2D eigenvalue weighted by Gasteiger charge is 2.38. The van der Waals surface area contributed by atoms with Crippen LogP contribution in [0.2, 0.25) is 0 Å². The van der Waals surface area contributed by atoms with Gasteiger partial charge in [0.05, 0.1) is 0 Å². The summed E-state index contributed by atoms with van der Waals surface area (Å²) in [7, 11) is 0. The first-order chi connectivity index (χ1) is 5.29. The van der Waals surface area contributed by atoms with E-state index in [0.29, 0.717) is 0 Å². The van der Waals surface area contributed by atoms with Crippen LogP contribution in [0, 0.1) is 17.8 Å². The summed E-state index contributed by atoms with van der Waals surface area (Å²) in [4.78, 5) is 0. The SMILES string of the molecule is CCCCC1CC1C(C)CC. The van der Waals surface area contributed by atoms with Crippen LogP contribution in [0.15, 0.2) is 0 Å². The predicted molar refractivity (Wildman–Crippen MR) is 50.6 cm³/mol. The molecule has 0 aliphatic heterocycles. The lowest BCUT2D eigenvalue weighted by Gasteiger charge is -2.06. The second-order valence-corrected chi connectivity index (χ2v) is 4.19. The van der Waals surface area contributed by atoms with Gasteiger partial charge in [0.1, 0.15) is 0 Å². The highest BCUT2D eigenvalue weighted by molar-refractivity contribution is 4.88. The third kappa shape index (κ3) is 2.50. The standard InChI is InChI=1S/C11H22/c1-4-6-7-10-8-11(10)9(3)5-2/h9-11H,4-8H2,1-3H3. The first-order valence-electron chi connectivity index (χ1n) is 5.29. The van der Waals surface area contributed by atoms with Crippen molar-refractivity contribution in [1.29, 1.82) is 0 Å². The molecule has 0 heterocycles. The van der Waals surface area contributed by atoms with E-state index in [-0.39, 0.29) is 0 Å². The molecule has 0 amide bonds. The van der Waals surface area contributed by atoms with E-state index in [1.807, 2.05) is 0 Å². The third-order valence-electron chi connectivity index (χ3n) is 3.28. The molecule has 0 N–H and O–H groups in total. The molecule has 1 saturated carbocycles. The molecule has 0 aromatic rings. The van der Waals surface area contributed by atoms with Gasteiger partial charge in [0.2, 0.25) is 0 Å². The third-order valence-corrected chi connectivity index (χ3v) is 3.28. The molecule has 0 nitrogen and oxygen atoms in total. The van der Waals surface area contributed by atoms with E-state index < -0.39 is 0 Å². The van der Waals surface area contributed by atoms with Gasteiger partial charge in [-0.05, 0) is 24.2 Å². The van der Waals surface area contributed by atoms with Crippen molar-refractivity contribution in [1.82, 2.24) is 0 Å². The van der Waals surface area contributed by atoms with E-state index >= 15 is 0 Å². The molecule has 11 heavy (non-hydrogen) atoms. The van der Waals surface area contributed by atoms with Crippen LogP contribution in [0.25, 0.3) is 0 Å². The molecule has 0 spiro atoms. The van der Waals surface area contributed by atoms with Crippen LogP contribution in [0.3, 0.4) is 0 Å². The van der Waals surface area contributed by atoms with Gasteiger partial charge >= 0.3 is 0 Å². The number of hydrogen-bond donors (Lipinski definition) is 0. The summed E-state index contributed by atoms with van der Waals surface area (Å²) in [5.74, 6) is 3.22. The summed E-state index contributed by atoms with van der Waals surface area (Å²) < 4.78 is 0. The summed E-state index contributed by atoms with van der Waals surface area (Å²) in [6.45, 7) is 7.02. The molecule has 0 heteroatoms. The monoisotopic (exact) mass is 154 g/mol. The molecular formula is C11H22. The fraction of sp³-hybridized carbons (Fsp3) is 1.00. The molecule has 3 unspecified atom stereocenters. The lowest BCUT2D eigenvalue weighted by molar-refractivity contribution is 0.446. The molecule has 0 radical (unpaired) electrons. The van der Waals surface area contributed by atoms with Crippen LogP contribution in [0.1, 0.15) is 52.9 Å². The van der Waals surface area contributed by atoms with Gasteiger partial charge in [0.25, 0.3) is 0 Å². The zero-order valence-electron chi connectivity index (χ0n) is 8.27. The van der Waals surface area contributed by atoms with Crippen molar-refractivity contribution in [2.24, 2.45) is 17.8 Å². The molecule has 0 bridgehead atoms. The number of hydrogen-bond acceptors (Lipinski definition) is 0. The predicted octanol–water partition coefficient (Wildman–Crippen LogP) is 3.86. The highest BCUT2D eigenvalue weighted by Crippen LogP contribution is 2.48. The van der Waals surface area contributed by atoms with Crippen molar-refractivity contribution in [2.45, 2.75) is 52.9 Å². The molecule has 0 aromatic carbocycles. The average molecular weight is 154 g/mol. The van der Waals surface area contributed by atoms with E-state index in [1.165, 1.54) is 32.1 Å². The second kappa shape index (κ2) is 4.13. The fourth-order valence-electron chi connectivity index (χ4n) is 2.07. The smallest absolute Gasteiger partial charge is 0.0357 e. The Morgan fingerprint density at radius 2 is 2.09 bits per heavy atom. The minimum Gasteiger partial charge on any atom is -0.0654 e. The lowest BCUT2D eigenvalue weighted by Crippen LogP contribution is -1.96. The van der Waals surface area contributed by atoms with E-state index in [0.717, 1.165) is 17.8 Å². The Bertz CT molecular complexity index is 107. The first-order valence-corrected chi connectivity index (χ1v) is 5.29. The Morgan fingerprint density at radius 1 is 1.36 bits per heavy atom. The molecule has 0 saturated heterocycles. The van der Waals surface area contributed by atoms with Gasteiger partial charge in [0.15, 0.2) is 0 Å². The maximum absolute atomic E-state index is 2.41. The maximum atomic E-state index is 2.41. The molecule has 1 rings (SSSR count). The van der Waals surface area contributed by atoms with Crippen molar-refractivity contribution in [2.75, 3.05) is 0 Å². The fourth-order valence-corrected chi connectivity index (χ4v) is 2.07. The van der Waals surface area contributed by atoms with Crippen molar-refractivity contribution >= 4 is 0 Å². The Labute approximate surface area is 71.4 Å². The molecule has 1 fully saturated rings. The van der Waals surface area contributed by atoms with E-state index in [2.05, 4.69) is 20.8 Å². The van der Waals surface area contributed by atoms with Gasteiger partial charge in [0, 0.05) is 0 Å². The van der Waals surface area contributed by atoms with Crippen LogP contribution >= 0.6 is 0 Å². The largest absolute Gasteiger partial charge is 0.0654 e. The number of unbranched alkanes of at least 4 members (excludes halogenated alkanes) is 1. The summed E-state index contributed by atoms with van der Waals surface area (Å²) in [5.41, 5.74) is 0. The van der Waals surface area contributed by atoms with Gasteiger partial charge < -0.3 is 0 Å². The molecule has 1 aliphatic carbocycles. The van der Waals surface area contributed by atoms with Gasteiger partial charge in [-0.1, -0.05) is 46.5 Å². The summed E-state index contributed by atoms with van der Waals surface area (Å²) in [6, 6.07) is 0. The minimum absolute atomic E-state index is 0.997. The van der Waals surface area contributed by atoms with E-state index in [9.17, 15) is 0 Å². The van der Waals surface area contributed by atoms with Crippen molar-refractivity contribution in [3.63, 3.8) is 0 Å². The zero-order valence-corrected chi connectivity index (χ0v) is 8.27. The van der Waals surface area contributed by atoms with Crippen molar-refractivity contribution in [3.8, 4) is 0 Å². The van der Waals surface area contributed by atoms with Gasteiger partial charge in [-0.3, -0.25) is 0 Å². The van der Waals surface area contributed by atoms with E-state index in [1.54, 1.807) is 0 Å². The Hall–Kier alpha value is 0.